The zero-order valence-electron chi connectivity index (χ0n) is 11.6. The van der Waals surface area contributed by atoms with Gasteiger partial charge >= 0.3 is 11.9 Å². The molecule has 0 aromatic heterocycles. The first-order chi connectivity index (χ1) is 9.40. The van der Waals surface area contributed by atoms with Gasteiger partial charge in [0.25, 0.3) is 0 Å². The summed E-state index contributed by atoms with van der Waals surface area (Å²) < 4.78 is 9.17. The summed E-state index contributed by atoms with van der Waals surface area (Å²) in [6.45, 7) is 0. The van der Waals surface area contributed by atoms with Gasteiger partial charge in [0.2, 0.25) is 0 Å². The van der Waals surface area contributed by atoms with Crippen LogP contribution < -0.4 is 0 Å². The lowest BCUT2D eigenvalue weighted by molar-refractivity contribution is -0.445. The summed E-state index contributed by atoms with van der Waals surface area (Å²) in [5.74, 6) is -0.644. The van der Waals surface area contributed by atoms with Crippen LogP contribution in [0.4, 0.5) is 0 Å². The predicted octanol–water partition coefficient (Wildman–Crippen LogP) is 1.01. The number of esters is 2. The van der Waals surface area contributed by atoms with Crippen LogP contribution in [0, 0.1) is 10.1 Å². The molecular formula is C13H17NO6. The van der Waals surface area contributed by atoms with E-state index in [9.17, 15) is 9.59 Å². The molecule has 0 unspecified atom stereocenters. The Morgan fingerprint density at radius 3 is 1.60 bits per heavy atom. The number of methoxy groups -OCH3 is 2. The third-order valence-electron chi connectivity index (χ3n) is 2.24. The molecule has 20 heavy (non-hydrogen) atoms. The van der Waals surface area contributed by atoms with Gasteiger partial charge in [-0.2, -0.15) is 0 Å². The van der Waals surface area contributed by atoms with Gasteiger partial charge in [0.1, 0.15) is 0 Å². The van der Waals surface area contributed by atoms with Crippen molar-refractivity contribution >= 4 is 11.9 Å². The van der Waals surface area contributed by atoms with Gasteiger partial charge in [-0.3, -0.25) is 19.7 Å². The zero-order valence-corrected chi connectivity index (χ0v) is 11.6. The fourth-order valence-corrected chi connectivity index (χ4v) is 1.36. The summed E-state index contributed by atoms with van der Waals surface area (Å²) in [4.78, 5) is 30.6. The molecule has 0 heterocycles. The molecular weight excluding hydrogens is 266 g/mol. The molecule has 0 saturated heterocycles. The second-order valence-electron chi connectivity index (χ2n) is 3.71. The van der Waals surface area contributed by atoms with Gasteiger partial charge in [-0.1, -0.05) is 24.3 Å². The first-order valence-electron chi connectivity index (χ1n) is 5.69. The first kappa shape index (κ1) is 17.6. The van der Waals surface area contributed by atoms with E-state index in [0.717, 1.165) is 18.2 Å². The van der Waals surface area contributed by atoms with Crippen LogP contribution in [0.5, 0.6) is 0 Å². The molecule has 7 heteroatoms. The third-order valence-corrected chi connectivity index (χ3v) is 2.24. The average Bonchev–Trinajstić information content (AvgIpc) is 2.40. The normalized spacial score (nSPS) is 8.95. The highest BCUT2D eigenvalue weighted by Gasteiger charge is 2.10. The lowest BCUT2D eigenvalue weighted by Crippen LogP contribution is -2.10. The minimum absolute atomic E-state index is 0.170. The van der Waals surface area contributed by atoms with Crippen LogP contribution in [-0.2, 0) is 31.9 Å². The van der Waals surface area contributed by atoms with E-state index in [4.69, 9.17) is 10.1 Å². The second kappa shape index (κ2) is 9.48. The molecule has 0 atom stereocenters. The van der Waals surface area contributed by atoms with Gasteiger partial charge in [-0.15, -0.1) is 0 Å². The van der Waals surface area contributed by atoms with Crippen molar-refractivity contribution in [2.45, 2.75) is 12.8 Å². The van der Waals surface area contributed by atoms with Crippen LogP contribution in [0.1, 0.15) is 11.1 Å². The van der Waals surface area contributed by atoms with Gasteiger partial charge in [-0.05, 0) is 11.1 Å². The standard InChI is InChI=1S/C12H14O4.CH3NO2/c1-15-11(13)7-9-5-3-4-6-10(9)8-12(14)16-2;1-2(3)4/h3-6H,7-8H2,1-2H3;1H3. The Labute approximate surface area is 116 Å². The highest BCUT2D eigenvalue weighted by molar-refractivity contribution is 5.76. The van der Waals surface area contributed by atoms with E-state index >= 15 is 0 Å². The summed E-state index contributed by atoms with van der Waals surface area (Å²) in [7, 11) is 3.57. The van der Waals surface area contributed by atoms with E-state index in [2.05, 4.69) is 9.47 Å². The molecule has 0 N–H and O–H groups in total. The van der Waals surface area contributed by atoms with E-state index in [0.29, 0.717) is 0 Å². The number of carbonyl (C=O) groups is 2. The lowest BCUT2D eigenvalue weighted by atomic mass is 10.0. The largest absolute Gasteiger partial charge is 0.469 e. The minimum Gasteiger partial charge on any atom is -0.469 e. The maximum atomic E-state index is 11.2. The molecule has 0 aliphatic rings. The molecule has 0 aliphatic heterocycles. The Morgan fingerprint density at radius 1 is 1.05 bits per heavy atom. The molecule has 1 aromatic carbocycles. The zero-order chi connectivity index (χ0) is 15.5. The van der Waals surface area contributed by atoms with Crippen molar-refractivity contribution in [2.24, 2.45) is 0 Å². The van der Waals surface area contributed by atoms with Crippen molar-refractivity contribution in [2.75, 3.05) is 21.3 Å². The fourth-order valence-electron chi connectivity index (χ4n) is 1.36. The van der Waals surface area contributed by atoms with Crippen molar-refractivity contribution < 1.29 is 24.0 Å². The number of hydrogen-bond acceptors (Lipinski definition) is 6. The number of nitro groups is 1. The van der Waals surface area contributed by atoms with Crippen LogP contribution in [0.25, 0.3) is 0 Å². The van der Waals surface area contributed by atoms with E-state index < -0.39 is 4.92 Å². The maximum absolute atomic E-state index is 11.2. The molecule has 0 radical (unpaired) electrons. The molecule has 0 fully saturated rings. The topological polar surface area (TPSA) is 95.7 Å². The molecule has 110 valence electrons. The Bertz CT molecular complexity index is 431. The number of benzene rings is 1. The van der Waals surface area contributed by atoms with E-state index in [1.807, 2.05) is 12.1 Å². The maximum Gasteiger partial charge on any atom is 0.309 e. The monoisotopic (exact) mass is 283 g/mol. The molecule has 1 rings (SSSR count). The molecule has 1 aromatic rings. The quantitative estimate of drug-likeness (QED) is 0.465. The van der Waals surface area contributed by atoms with E-state index in [-0.39, 0.29) is 24.8 Å². The van der Waals surface area contributed by atoms with Gasteiger partial charge in [0, 0.05) is 4.92 Å². The SMILES string of the molecule is COC(=O)Cc1ccccc1CC(=O)OC.C[N+](=O)[O-]. The predicted molar refractivity (Wildman–Crippen MR) is 70.8 cm³/mol. The van der Waals surface area contributed by atoms with Gasteiger partial charge in [-0.25, -0.2) is 0 Å². The summed E-state index contributed by atoms with van der Waals surface area (Å²) in [5, 5.41) is 8.81. The highest BCUT2D eigenvalue weighted by Crippen LogP contribution is 2.11. The molecule has 0 amide bonds. The van der Waals surface area contributed by atoms with Crippen LogP contribution >= 0.6 is 0 Å². The van der Waals surface area contributed by atoms with Crippen molar-refractivity contribution in [1.29, 1.82) is 0 Å². The smallest absolute Gasteiger partial charge is 0.309 e. The number of carbonyl (C=O) groups excluding carboxylic acids is 2. The van der Waals surface area contributed by atoms with E-state index in [1.165, 1.54) is 14.2 Å². The van der Waals surface area contributed by atoms with Crippen LogP contribution in [0.3, 0.4) is 0 Å². The highest BCUT2D eigenvalue weighted by atomic mass is 16.6. The van der Waals surface area contributed by atoms with Crippen LogP contribution in [-0.4, -0.2) is 38.1 Å². The molecule has 0 aliphatic carbocycles. The van der Waals surface area contributed by atoms with Crippen molar-refractivity contribution in [3.8, 4) is 0 Å². The van der Waals surface area contributed by atoms with Gasteiger partial charge < -0.3 is 9.47 Å². The molecule has 7 nitrogen and oxygen atoms in total. The van der Waals surface area contributed by atoms with Crippen molar-refractivity contribution in [3.05, 3.63) is 45.5 Å². The minimum atomic E-state index is -0.500. The molecule has 0 spiro atoms. The molecule has 0 bridgehead atoms. The Kier molecular flexibility index (Phi) is 8.33. The van der Waals surface area contributed by atoms with Crippen LogP contribution in [0.15, 0.2) is 24.3 Å². The van der Waals surface area contributed by atoms with E-state index in [1.54, 1.807) is 12.1 Å². The third kappa shape index (κ3) is 7.80. The fraction of sp³-hybridized carbons (Fsp3) is 0.385. The number of hydrogen-bond donors (Lipinski definition) is 0. The summed E-state index contributed by atoms with van der Waals surface area (Å²) >= 11 is 0. The summed E-state index contributed by atoms with van der Waals surface area (Å²) in [5.41, 5.74) is 1.58. The summed E-state index contributed by atoms with van der Waals surface area (Å²) in [6, 6.07) is 7.24. The Hall–Kier alpha value is -2.44. The number of rotatable bonds is 4. The molecule has 0 saturated carbocycles. The van der Waals surface area contributed by atoms with Crippen molar-refractivity contribution in [3.63, 3.8) is 0 Å². The van der Waals surface area contributed by atoms with Crippen molar-refractivity contribution in [1.82, 2.24) is 0 Å². The van der Waals surface area contributed by atoms with Gasteiger partial charge in [0.05, 0.1) is 27.1 Å². The average molecular weight is 283 g/mol. The van der Waals surface area contributed by atoms with Gasteiger partial charge in [0.15, 0.2) is 7.05 Å². The van der Waals surface area contributed by atoms with Crippen LogP contribution in [0.2, 0.25) is 0 Å². The Balaban J connectivity index is 0.000000796. The number of ether oxygens (including phenoxy) is 2. The Morgan fingerprint density at radius 2 is 1.35 bits per heavy atom. The summed E-state index contributed by atoms with van der Waals surface area (Å²) in [6.07, 6.45) is 0.341. The first-order valence-corrected chi connectivity index (χ1v) is 5.69. The lowest BCUT2D eigenvalue weighted by Gasteiger charge is -2.07. The second-order valence-corrected chi connectivity index (χ2v) is 3.71. The number of nitrogens with zero attached hydrogens (tertiary/aromatic N) is 1.